The second-order valence-corrected chi connectivity index (χ2v) is 8.48. The first-order valence-corrected chi connectivity index (χ1v) is 11.0. The van der Waals surface area contributed by atoms with Crippen LogP contribution >= 0.6 is 0 Å². The summed E-state index contributed by atoms with van der Waals surface area (Å²) in [6.07, 6.45) is 1.08. The van der Waals surface area contributed by atoms with Crippen molar-refractivity contribution in [1.82, 2.24) is 29.5 Å². The largest absolute Gasteiger partial charge is 0.458 e. The van der Waals surface area contributed by atoms with Crippen LogP contribution in [0.3, 0.4) is 0 Å². The Morgan fingerprint density at radius 3 is 2.72 bits per heavy atom. The number of aromatic nitrogens is 4. The number of hydrogen-bond acceptors (Lipinski definition) is 7. The van der Waals surface area contributed by atoms with Crippen molar-refractivity contribution in [3.8, 4) is 17.4 Å². The maximum atomic E-state index is 12.8. The molecule has 1 aliphatic rings. The molecule has 0 radical (unpaired) electrons. The lowest BCUT2D eigenvalue weighted by molar-refractivity contribution is -0.117. The van der Waals surface area contributed by atoms with Crippen LogP contribution in [0.5, 0.6) is 0 Å². The van der Waals surface area contributed by atoms with E-state index in [4.69, 9.17) is 4.42 Å². The van der Waals surface area contributed by atoms with Gasteiger partial charge >= 0.3 is 0 Å². The second kappa shape index (κ2) is 9.22. The lowest BCUT2D eigenvalue weighted by Crippen LogP contribution is -2.37. The van der Waals surface area contributed by atoms with Crippen LogP contribution in [-0.4, -0.2) is 74.7 Å². The molecular weight excluding hydrogens is 406 g/mol. The predicted octanol–water partition coefficient (Wildman–Crippen LogP) is 2.81. The van der Waals surface area contributed by atoms with Gasteiger partial charge in [0.15, 0.2) is 17.4 Å². The molecular formula is C23H31N7O2. The monoisotopic (exact) mass is 437 g/mol. The predicted molar refractivity (Wildman–Crippen MR) is 123 cm³/mol. The molecule has 0 unspecified atom stereocenters. The van der Waals surface area contributed by atoms with Crippen molar-refractivity contribution in [1.29, 1.82) is 0 Å². The van der Waals surface area contributed by atoms with Gasteiger partial charge in [0.25, 0.3) is 0 Å². The Hall–Kier alpha value is -3.04. The van der Waals surface area contributed by atoms with Crippen molar-refractivity contribution >= 4 is 11.7 Å². The summed E-state index contributed by atoms with van der Waals surface area (Å²) in [5.41, 5.74) is 1.84. The minimum Gasteiger partial charge on any atom is -0.458 e. The van der Waals surface area contributed by atoms with Gasteiger partial charge in [-0.2, -0.15) is 5.10 Å². The van der Waals surface area contributed by atoms with Gasteiger partial charge in [-0.05, 0) is 59.0 Å². The second-order valence-electron chi connectivity index (χ2n) is 8.48. The summed E-state index contributed by atoms with van der Waals surface area (Å²) >= 11 is 0. The number of anilines is 1. The number of hydrogen-bond donors (Lipinski definition) is 1. The number of carbonyl (C=O) groups excluding carboxylic acids is 1. The van der Waals surface area contributed by atoms with Crippen molar-refractivity contribution in [3.05, 3.63) is 41.4 Å². The molecule has 9 nitrogen and oxygen atoms in total. The molecule has 1 amide bonds. The van der Waals surface area contributed by atoms with Crippen LogP contribution in [0.1, 0.15) is 30.5 Å². The van der Waals surface area contributed by atoms with Gasteiger partial charge < -0.3 is 14.6 Å². The van der Waals surface area contributed by atoms with E-state index in [2.05, 4.69) is 44.2 Å². The van der Waals surface area contributed by atoms with Crippen LogP contribution in [0.25, 0.3) is 17.4 Å². The average molecular weight is 438 g/mol. The zero-order valence-corrected chi connectivity index (χ0v) is 19.4. The molecule has 4 rings (SSSR count). The molecule has 0 aliphatic carbocycles. The van der Waals surface area contributed by atoms with Gasteiger partial charge in [0.2, 0.25) is 5.91 Å². The van der Waals surface area contributed by atoms with E-state index in [1.54, 1.807) is 10.7 Å². The smallest absolute Gasteiger partial charge is 0.239 e. The number of carbonyl (C=O) groups is 1. The van der Waals surface area contributed by atoms with Gasteiger partial charge in [-0.3, -0.25) is 9.69 Å². The Bertz CT molecular complexity index is 1100. The number of aryl methyl sites for hydroxylation is 3. The molecule has 4 heterocycles. The molecule has 32 heavy (non-hydrogen) atoms. The van der Waals surface area contributed by atoms with Crippen molar-refractivity contribution in [2.24, 2.45) is 0 Å². The SMILES string of the molecule is CCN(C)[C@@H]1CCN(CC(=O)Nc2cc(-n3nc(C)cc3C)nc(-c3ccc(C)o3)n2)C1. The van der Waals surface area contributed by atoms with E-state index < -0.39 is 0 Å². The average Bonchev–Trinajstić information content (AvgIpc) is 3.47. The molecule has 3 aromatic rings. The number of rotatable bonds is 7. The third-order valence-corrected chi connectivity index (χ3v) is 5.90. The van der Waals surface area contributed by atoms with Crippen LogP contribution < -0.4 is 5.32 Å². The third kappa shape index (κ3) is 4.89. The Balaban J connectivity index is 1.55. The first kappa shape index (κ1) is 22.2. The van der Waals surface area contributed by atoms with E-state index >= 15 is 0 Å². The highest BCUT2D eigenvalue weighted by atomic mass is 16.3. The van der Waals surface area contributed by atoms with Crippen LogP contribution in [0.4, 0.5) is 5.82 Å². The van der Waals surface area contributed by atoms with Crippen LogP contribution in [0, 0.1) is 20.8 Å². The van der Waals surface area contributed by atoms with E-state index in [0.717, 1.165) is 43.2 Å². The Labute approximate surface area is 188 Å². The number of likely N-dealkylation sites (tertiary alicyclic amines) is 1. The molecule has 170 valence electrons. The summed E-state index contributed by atoms with van der Waals surface area (Å²) in [4.78, 5) is 26.5. The van der Waals surface area contributed by atoms with Gasteiger partial charge in [0.05, 0.1) is 12.2 Å². The first-order valence-electron chi connectivity index (χ1n) is 11.0. The quantitative estimate of drug-likeness (QED) is 0.608. The summed E-state index contributed by atoms with van der Waals surface area (Å²) in [5.74, 6) is 2.64. The highest BCUT2D eigenvalue weighted by Gasteiger charge is 2.26. The van der Waals surface area contributed by atoms with Crippen molar-refractivity contribution < 1.29 is 9.21 Å². The molecule has 1 atom stereocenters. The van der Waals surface area contributed by atoms with Crippen molar-refractivity contribution in [2.75, 3.05) is 38.5 Å². The number of amides is 1. The third-order valence-electron chi connectivity index (χ3n) is 5.90. The van der Waals surface area contributed by atoms with Gasteiger partial charge in [-0.25, -0.2) is 14.6 Å². The lowest BCUT2D eigenvalue weighted by Gasteiger charge is -2.22. The summed E-state index contributed by atoms with van der Waals surface area (Å²) in [6, 6.07) is 7.92. The Kier molecular flexibility index (Phi) is 6.38. The highest BCUT2D eigenvalue weighted by Crippen LogP contribution is 2.23. The lowest BCUT2D eigenvalue weighted by atomic mass is 10.2. The fraction of sp³-hybridized carbons (Fsp3) is 0.478. The zero-order valence-electron chi connectivity index (χ0n) is 19.4. The topological polar surface area (TPSA) is 92.3 Å². The van der Waals surface area contributed by atoms with Crippen LogP contribution in [0.15, 0.2) is 28.7 Å². The fourth-order valence-corrected chi connectivity index (χ4v) is 4.09. The molecule has 0 saturated carbocycles. The zero-order chi connectivity index (χ0) is 22.8. The van der Waals surface area contributed by atoms with Crippen LogP contribution in [0.2, 0.25) is 0 Å². The van der Waals surface area contributed by atoms with Crippen molar-refractivity contribution in [2.45, 2.75) is 40.2 Å². The van der Waals surface area contributed by atoms with Gasteiger partial charge in [0, 0.05) is 30.9 Å². The van der Waals surface area contributed by atoms with Crippen molar-refractivity contribution in [3.63, 3.8) is 0 Å². The molecule has 1 fully saturated rings. The summed E-state index contributed by atoms with van der Waals surface area (Å²) in [5, 5.41) is 7.48. The standard InChI is InChI=1S/C23H31N7O2/c1-6-28(5)18-9-10-29(13-18)14-22(31)24-20-12-21(30-16(3)11-15(2)27-30)26-23(25-20)19-8-7-17(4)32-19/h7-8,11-12,18H,6,9-10,13-14H2,1-5H3,(H,24,25,26,31)/t18-/m1/s1. The van der Waals surface area contributed by atoms with Gasteiger partial charge in [-0.15, -0.1) is 0 Å². The van der Waals surface area contributed by atoms with E-state index in [1.165, 1.54) is 0 Å². The molecule has 1 N–H and O–H groups in total. The Morgan fingerprint density at radius 1 is 1.25 bits per heavy atom. The number of likely N-dealkylation sites (N-methyl/N-ethyl adjacent to an activating group) is 1. The first-order chi connectivity index (χ1) is 15.3. The molecule has 1 aliphatic heterocycles. The number of nitrogens with zero attached hydrogens (tertiary/aromatic N) is 6. The van der Waals surface area contributed by atoms with E-state index in [-0.39, 0.29) is 5.91 Å². The minimum absolute atomic E-state index is 0.0932. The summed E-state index contributed by atoms with van der Waals surface area (Å²) in [7, 11) is 2.13. The summed E-state index contributed by atoms with van der Waals surface area (Å²) in [6.45, 7) is 11.1. The maximum Gasteiger partial charge on any atom is 0.239 e. The fourth-order valence-electron chi connectivity index (χ4n) is 4.09. The Morgan fingerprint density at radius 2 is 2.06 bits per heavy atom. The highest BCUT2D eigenvalue weighted by molar-refractivity contribution is 5.91. The number of nitrogens with one attached hydrogen (secondary N) is 1. The minimum atomic E-state index is -0.0932. The van der Waals surface area contributed by atoms with Gasteiger partial charge in [0.1, 0.15) is 11.6 Å². The molecule has 0 spiro atoms. The van der Waals surface area contributed by atoms with Gasteiger partial charge in [-0.1, -0.05) is 6.92 Å². The molecule has 3 aromatic heterocycles. The molecule has 0 bridgehead atoms. The maximum absolute atomic E-state index is 12.8. The summed E-state index contributed by atoms with van der Waals surface area (Å²) < 4.78 is 7.48. The number of furan rings is 1. The molecule has 0 aromatic carbocycles. The van der Waals surface area contributed by atoms with E-state index in [0.29, 0.717) is 35.8 Å². The van der Waals surface area contributed by atoms with E-state index in [9.17, 15) is 4.79 Å². The van der Waals surface area contributed by atoms with E-state index in [1.807, 2.05) is 39.0 Å². The molecule has 1 saturated heterocycles. The molecule has 9 heteroatoms. The van der Waals surface area contributed by atoms with Crippen LogP contribution in [-0.2, 0) is 4.79 Å². The normalized spacial score (nSPS) is 16.8.